The summed E-state index contributed by atoms with van der Waals surface area (Å²) in [7, 11) is 0. The van der Waals surface area contributed by atoms with Crippen LogP contribution in [0.3, 0.4) is 0 Å². The molecule has 8 heteroatoms. The summed E-state index contributed by atoms with van der Waals surface area (Å²) < 4.78 is 13.0. The number of urea groups is 1. The average Bonchev–Trinajstić information content (AvgIpc) is 2.28. The molecule has 0 atom stereocenters. The van der Waals surface area contributed by atoms with Crippen LogP contribution in [0.1, 0.15) is 19.3 Å². The van der Waals surface area contributed by atoms with Gasteiger partial charge in [-0.3, -0.25) is 0 Å². The van der Waals surface area contributed by atoms with E-state index in [0.717, 1.165) is 18.6 Å². The van der Waals surface area contributed by atoms with Crippen molar-refractivity contribution in [2.45, 2.75) is 24.8 Å². The maximum absolute atomic E-state index is 13.0. The van der Waals surface area contributed by atoms with Crippen molar-refractivity contribution in [3.63, 3.8) is 0 Å². The molecule has 2 rings (SSSR count). The molecule has 2 amide bonds. The van der Waals surface area contributed by atoms with Crippen LogP contribution in [0.4, 0.5) is 14.9 Å². The Morgan fingerprint density at radius 2 is 1.80 bits per heavy atom. The molecule has 1 aliphatic rings. The lowest BCUT2D eigenvalue weighted by molar-refractivity contribution is -0.148. The molecule has 0 bridgehead atoms. The Hall–Kier alpha value is -1.53. The van der Waals surface area contributed by atoms with Gasteiger partial charge in [0.2, 0.25) is 0 Å². The van der Waals surface area contributed by atoms with Gasteiger partial charge in [-0.25, -0.2) is 14.0 Å². The van der Waals surface area contributed by atoms with E-state index in [1.165, 1.54) is 0 Å². The van der Waals surface area contributed by atoms with Gasteiger partial charge < -0.3 is 15.7 Å². The molecule has 108 valence electrons. The Balaban J connectivity index is 2.11. The quantitative estimate of drug-likeness (QED) is 0.799. The van der Waals surface area contributed by atoms with Gasteiger partial charge in [-0.15, -0.1) is 0 Å². The second kappa shape index (κ2) is 5.46. The summed E-state index contributed by atoms with van der Waals surface area (Å²) >= 11 is 11.6. The first-order valence-electron chi connectivity index (χ1n) is 5.81. The van der Waals surface area contributed by atoms with Gasteiger partial charge >= 0.3 is 12.0 Å². The Kier molecular flexibility index (Phi) is 4.06. The Bertz CT molecular complexity index is 553. The first-order chi connectivity index (χ1) is 9.34. The van der Waals surface area contributed by atoms with Gasteiger partial charge in [0, 0.05) is 0 Å². The lowest BCUT2D eigenvalue weighted by Crippen LogP contribution is -2.60. The van der Waals surface area contributed by atoms with Gasteiger partial charge in [-0.1, -0.05) is 23.2 Å². The van der Waals surface area contributed by atoms with Crippen LogP contribution < -0.4 is 10.6 Å². The average molecular weight is 321 g/mol. The highest BCUT2D eigenvalue weighted by atomic mass is 35.5. The van der Waals surface area contributed by atoms with Gasteiger partial charge in [0.1, 0.15) is 11.4 Å². The molecule has 0 radical (unpaired) electrons. The molecule has 3 N–H and O–H groups in total. The molecule has 0 heterocycles. The number of carbonyl (C=O) groups excluding carboxylic acids is 1. The summed E-state index contributed by atoms with van der Waals surface area (Å²) in [4.78, 5) is 22.9. The molecular weight excluding hydrogens is 310 g/mol. The summed E-state index contributed by atoms with van der Waals surface area (Å²) in [5, 5.41) is 13.7. The molecule has 1 saturated carbocycles. The molecule has 0 saturated heterocycles. The van der Waals surface area contributed by atoms with Crippen LogP contribution in [0.5, 0.6) is 0 Å². The fraction of sp³-hybridized carbons (Fsp3) is 0.333. The van der Waals surface area contributed by atoms with Crippen LogP contribution in [0.2, 0.25) is 10.0 Å². The number of hydrogen-bond donors (Lipinski definition) is 3. The highest BCUT2D eigenvalue weighted by Crippen LogP contribution is 2.34. The van der Waals surface area contributed by atoms with Gasteiger partial charge in [0.05, 0.1) is 15.7 Å². The van der Waals surface area contributed by atoms with Crippen molar-refractivity contribution in [3.05, 3.63) is 28.0 Å². The fourth-order valence-corrected chi connectivity index (χ4v) is 2.50. The van der Waals surface area contributed by atoms with E-state index in [1.807, 2.05) is 0 Å². The Morgan fingerprint density at radius 1 is 1.25 bits per heavy atom. The van der Waals surface area contributed by atoms with Crippen molar-refractivity contribution in [1.82, 2.24) is 5.32 Å². The molecule has 1 fully saturated rings. The number of rotatable bonds is 3. The van der Waals surface area contributed by atoms with Gasteiger partial charge in [-0.05, 0) is 31.4 Å². The molecule has 20 heavy (non-hydrogen) atoms. The molecular formula is C12H11Cl2FN2O3. The largest absolute Gasteiger partial charge is 0.480 e. The van der Waals surface area contributed by atoms with Gasteiger partial charge in [-0.2, -0.15) is 0 Å². The van der Waals surface area contributed by atoms with Crippen LogP contribution in [0.25, 0.3) is 0 Å². The standard InChI is InChI=1S/C12H11Cl2FN2O3/c13-7-4-6(15)5-8(14)9(7)16-11(20)17-12(10(18)19)2-1-3-12/h4-5H,1-3H2,(H,18,19)(H2,16,17,20). The van der Waals surface area contributed by atoms with Gasteiger partial charge in [0.15, 0.2) is 0 Å². The molecule has 0 unspecified atom stereocenters. The molecule has 0 aromatic heterocycles. The monoisotopic (exact) mass is 320 g/mol. The minimum Gasteiger partial charge on any atom is -0.480 e. The van der Waals surface area contributed by atoms with E-state index in [9.17, 15) is 14.0 Å². The third-order valence-electron chi connectivity index (χ3n) is 3.21. The number of carbonyl (C=O) groups is 2. The van der Waals surface area contributed by atoms with E-state index in [2.05, 4.69) is 10.6 Å². The normalized spacial score (nSPS) is 16.1. The van der Waals surface area contributed by atoms with Crippen LogP contribution >= 0.6 is 23.2 Å². The van der Waals surface area contributed by atoms with Crippen molar-refractivity contribution in [2.24, 2.45) is 0 Å². The third kappa shape index (κ3) is 2.81. The highest BCUT2D eigenvalue weighted by molar-refractivity contribution is 6.39. The molecule has 1 aliphatic carbocycles. The second-order valence-electron chi connectivity index (χ2n) is 4.56. The first-order valence-corrected chi connectivity index (χ1v) is 6.57. The predicted molar refractivity (Wildman–Crippen MR) is 72.8 cm³/mol. The van der Waals surface area contributed by atoms with E-state index < -0.39 is 23.4 Å². The summed E-state index contributed by atoms with van der Waals surface area (Å²) in [6.07, 6.45) is 1.45. The summed E-state index contributed by atoms with van der Waals surface area (Å²) in [5.41, 5.74) is -1.21. The number of anilines is 1. The predicted octanol–water partition coefficient (Wildman–Crippen LogP) is 3.26. The number of hydrogen-bond acceptors (Lipinski definition) is 2. The number of amides is 2. The fourth-order valence-electron chi connectivity index (χ4n) is 1.95. The van der Waals surface area contributed by atoms with Crippen LogP contribution in [0.15, 0.2) is 12.1 Å². The zero-order chi connectivity index (χ0) is 14.9. The second-order valence-corrected chi connectivity index (χ2v) is 5.38. The van der Waals surface area contributed by atoms with Gasteiger partial charge in [0.25, 0.3) is 0 Å². The number of nitrogens with one attached hydrogen (secondary N) is 2. The number of aliphatic carboxylic acids is 1. The zero-order valence-electron chi connectivity index (χ0n) is 10.2. The van der Waals surface area contributed by atoms with Crippen LogP contribution in [0, 0.1) is 5.82 Å². The van der Waals surface area contributed by atoms with Crippen molar-refractivity contribution in [2.75, 3.05) is 5.32 Å². The summed E-state index contributed by atoms with van der Waals surface area (Å²) in [6.45, 7) is 0. The number of halogens is 3. The summed E-state index contributed by atoms with van der Waals surface area (Å²) in [6, 6.07) is 1.25. The van der Waals surface area contributed by atoms with Crippen LogP contribution in [-0.2, 0) is 4.79 Å². The number of carboxylic acids is 1. The maximum Gasteiger partial charge on any atom is 0.329 e. The first kappa shape index (κ1) is 14.9. The number of carboxylic acid groups (broad SMARTS) is 1. The SMILES string of the molecule is O=C(Nc1c(Cl)cc(F)cc1Cl)NC1(C(=O)O)CCC1. The molecule has 1 aromatic rings. The smallest absolute Gasteiger partial charge is 0.329 e. The minimum atomic E-state index is -1.25. The lowest BCUT2D eigenvalue weighted by Gasteiger charge is -2.38. The van der Waals surface area contributed by atoms with Crippen molar-refractivity contribution in [1.29, 1.82) is 0 Å². The topological polar surface area (TPSA) is 78.4 Å². The van der Waals surface area contributed by atoms with Crippen molar-refractivity contribution in [3.8, 4) is 0 Å². The van der Waals surface area contributed by atoms with E-state index in [-0.39, 0.29) is 15.7 Å². The van der Waals surface area contributed by atoms with E-state index in [4.69, 9.17) is 28.3 Å². The molecule has 1 aromatic carbocycles. The van der Waals surface area contributed by atoms with E-state index in [0.29, 0.717) is 12.8 Å². The third-order valence-corrected chi connectivity index (χ3v) is 3.81. The molecule has 0 aliphatic heterocycles. The summed E-state index contributed by atoms with van der Waals surface area (Å²) in [5.74, 6) is -1.72. The maximum atomic E-state index is 13.0. The zero-order valence-corrected chi connectivity index (χ0v) is 11.7. The lowest BCUT2D eigenvalue weighted by atomic mass is 9.77. The minimum absolute atomic E-state index is 0.0343. The highest BCUT2D eigenvalue weighted by Gasteiger charge is 2.45. The molecule has 5 nitrogen and oxygen atoms in total. The van der Waals surface area contributed by atoms with Crippen molar-refractivity contribution >= 4 is 40.9 Å². The van der Waals surface area contributed by atoms with E-state index >= 15 is 0 Å². The number of benzene rings is 1. The van der Waals surface area contributed by atoms with Crippen molar-refractivity contribution < 1.29 is 19.1 Å². The Labute approximate surface area is 124 Å². The Morgan fingerprint density at radius 3 is 2.20 bits per heavy atom. The van der Waals surface area contributed by atoms with E-state index in [1.54, 1.807) is 0 Å². The van der Waals surface area contributed by atoms with Crippen LogP contribution in [-0.4, -0.2) is 22.6 Å². The molecule has 0 spiro atoms.